The lowest BCUT2D eigenvalue weighted by atomic mass is 10.2. The van der Waals surface area contributed by atoms with Gasteiger partial charge in [0.15, 0.2) is 0 Å². The first kappa shape index (κ1) is 11.9. The van der Waals surface area contributed by atoms with Crippen molar-refractivity contribution in [1.29, 1.82) is 0 Å². The highest BCUT2D eigenvalue weighted by Crippen LogP contribution is 2.07. The van der Waals surface area contributed by atoms with Crippen LogP contribution in [0.4, 0.5) is 5.82 Å². The Kier molecular flexibility index (Phi) is 5.04. The molecule has 1 aromatic heterocycles. The molecule has 1 heterocycles. The number of anilines is 1. The van der Waals surface area contributed by atoms with Crippen molar-refractivity contribution >= 4 is 5.82 Å². The number of rotatable bonds is 6. The van der Waals surface area contributed by atoms with Gasteiger partial charge in [-0.2, -0.15) is 0 Å². The molecule has 1 aromatic rings. The molecule has 1 rings (SSSR count). The highest BCUT2D eigenvalue weighted by Gasteiger charge is 2.03. The van der Waals surface area contributed by atoms with Crippen LogP contribution >= 0.6 is 0 Å². The van der Waals surface area contributed by atoms with Gasteiger partial charge in [0.25, 0.3) is 0 Å². The average Bonchev–Trinajstić information content (AvgIpc) is 2.26. The molecule has 0 aliphatic rings. The minimum atomic E-state index is 0.365. The Morgan fingerprint density at radius 3 is 2.93 bits per heavy atom. The van der Waals surface area contributed by atoms with Gasteiger partial charge in [-0.3, -0.25) is 0 Å². The first-order valence-electron chi connectivity index (χ1n) is 5.32. The molecule has 1 N–H and O–H groups in total. The van der Waals surface area contributed by atoms with E-state index in [0.29, 0.717) is 6.04 Å². The molecule has 0 aromatic carbocycles. The Morgan fingerprint density at radius 1 is 1.47 bits per heavy atom. The van der Waals surface area contributed by atoms with Gasteiger partial charge in [-0.05, 0) is 19.8 Å². The minimum absolute atomic E-state index is 0.365. The van der Waals surface area contributed by atoms with E-state index < -0.39 is 0 Å². The van der Waals surface area contributed by atoms with Crippen LogP contribution in [0, 0.1) is 0 Å². The molecule has 4 heteroatoms. The van der Waals surface area contributed by atoms with Gasteiger partial charge in [0, 0.05) is 31.5 Å². The fourth-order valence-electron chi connectivity index (χ4n) is 1.29. The summed E-state index contributed by atoms with van der Waals surface area (Å²) < 4.78 is 5.02. The fourth-order valence-corrected chi connectivity index (χ4v) is 1.29. The van der Waals surface area contributed by atoms with Gasteiger partial charge < -0.3 is 10.1 Å². The maximum absolute atomic E-state index is 5.02. The van der Waals surface area contributed by atoms with Crippen LogP contribution in [0.25, 0.3) is 0 Å². The summed E-state index contributed by atoms with van der Waals surface area (Å²) >= 11 is 0. The summed E-state index contributed by atoms with van der Waals surface area (Å²) in [6, 6.07) is 2.35. The normalized spacial score (nSPS) is 12.5. The van der Waals surface area contributed by atoms with Crippen LogP contribution < -0.4 is 5.32 Å². The van der Waals surface area contributed by atoms with Gasteiger partial charge in [-0.1, -0.05) is 6.92 Å². The lowest BCUT2D eigenvalue weighted by molar-refractivity contribution is 0.191. The monoisotopic (exact) mass is 209 g/mol. The lowest BCUT2D eigenvalue weighted by Crippen LogP contribution is -2.18. The van der Waals surface area contributed by atoms with E-state index in [9.17, 15) is 0 Å². The van der Waals surface area contributed by atoms with E-state index >= 15 is 0 Å². The SMILES string of the molecule is CCc1cc(NC(C)CCOC)ncn1. The molecule has 0 aliphatic carbocycles. The number of methoxy groups -OCH3 is 1. The highest BCUT2D eigenvalue weighted by molar-refractivity contribution is 5.35. The second-order valence-electron chi connectivity index (χ2n) is 3.57. The van der Waals surface area contributed by atoms with Crippen LogP contribution in [0.15, 0.2) is 12.4 Å². The summed E-state index contributed by atoms with van der Waals surface area (Å²) in [5.74, 6) is 0.894. The molecule has 0 radical (unpaired) electrons. The zero-order chi connectivity index (χ0) is 11.1. The third-order valence-electron chi connectivity index (χ3n) is 2.24. The molecule has 4 nitrogen and oxygen atoms in total. The number of nitrogens with zero attached hydrogens (tertiary/aromatic N) is 2. The van der Waals surface area contributed by atoms with Crippen molar-refractivity contribution < 1.29 is 4.74 Å². The van der Waals surface area contributed by atoms with Gasteiger partial charge in [0.2, 0.25) is 0 Å². The van der Waals surface area contributed by atoms with Crippen molar-refractivity contribution in [2.24, 2.45) is 0 Å². The van der Waals surface area contributed by atoms with Gasteiger partial charge in [-0.25, -0.2) is 9.97 Å². The van der Waals surface area contributed by atoms with Gasteiger partial charge in [-0.15, -0.1) is 0 Å². The minimum Gasteiger partial charge on any atom is -0.385 e. The average molecular weight is 209 g/mol. The first-order chi connectivity index (χ1) is 7.26. The number of ether oxygens (including phenoxy) is 1. The maximum atomic E-state index is 5.02. The zero-order valence-electron chi connectivity index (χ0n) is 9.66. The molecular formula is C11H19N3O. The predicted molar refractivity (Wildman–Crippen MR) is 61.0 cm³/mol. The zero-order valence-corrected chi connectivity index (χ0v) is 9.66. The lowest BCUT2D eigenvalue weighted by Gasteiger charge is -2.13. The molecule has 0 bridgehead atoms. The standard InChI is InChI=1S/C11H19N3O/c1-4-10-7-11(13-8-12-10)14-9(2)5-6-15-3/h7-9H,4-6H2,1-3H3,(H,12,13,14). The van der Waals surface area contributed by atoms with Gasteiger partial charge in [0.05, 0.1) is 0 Å². The maximum Gasteiger partial charge on any atom is 0.129 e. The fraction of sp³-hybridized carbons (Fsp3) is 0.636. The molecule has 1 unspecified atom stereocenters. The molecule has 0 aliphatic heterocycles. The summed E-state index contributed by atoms with van der Waals surface area (Å²) in [6.07, 6.45) is 3.51. The van der Waals surface area contributed by atoms with E-state index in [1.54, 1.807) is 13.4 Å². The largest absolute Gasteiger partial charge is 0.385 e. The third kappa shape index (κ3) is 4.25. The second kappa shape index (κ2) is 6.35. The second-order valence-corrected chi connectivity index (χ2v) is 3.57. The molecular weight excluding hydrogens is 190 g/mol. The topological polar surface area (TPSA) is 47.0 Å². The van der Waals surface area contributed by atoms with E-state index in [2.05, 4.69) is 29.1 Å². The van der Waals surface area contributed by atoms with E-state index in [4.69, 9.17) is 4.74 Å². The van der Waals surface area contributed by atoms with Crippen molar-refractivity contribution in [3.8, 4) is 0 Å². The van der Waals surface area contributed by atoms with Crippen LogP contribution in [0.2, 0.25) is 0 Å². The number of aromatic nitrogens is 2. The first-order valence-corrected chi connectivity index (χ1v) is 5.32. The summed E-state index contributed by atoms with van der Waals surface area (Å²) in [5.41, 5.74) is 1.06. The van der Waals surface area contributed by atoms with Crippen LogP contribution in [-0.2, 0) is 11.2 Å². The van der Waals surface area contributed by atoms with Crippen molar-refractivity contribution in [2.75, 3.05) is 19.0 Å². The molecule has 1 atom stereocenters. The van der Waals surface area contributed by atoms with Crippen molar-refractivity contribution in [2.45, 2.75) is 32.7 Å². The van der Waals surface area contributed by atoms with Crippen molar-refractivity contribution in [3.63, 3.8) is 0 Å². The molecule has 0 saturated carbocycles. The Balaban J connectivity index is 2.48. The van der Waals surface area contributed by atoms with Gasteiger partial charge >= 0.3 is 0 Å². The van der Waals surface area contributed by atoms with Crippen molar-refractivity contribution in [1.82, 2.24) is 9.97 Å². The number of nitrogens with one attached hydrogen (secondary N) is 1. The quantitative estimate of drug-likeness (QED) is 0.777. The molecule has 0 amide bonds. The number of hydrogen-bond acceptors (Lipinski definition) is 4. The summed E-state index contributed by atoms with van der Waals surface area (Å²) in [5, 5.41) is 3.32. The smallest absolute Gasteiger partial charge is 0.129 e. The van der Waals surface area contributed by atoms with Crippen LogP contribution in [0.5, 0.6) is 0 Å². The predicted octanol–water partition coefficient (Wildman–Crippen LogP) is 1.88. The Hall–Kier alpha value is -1.16. The van der Waals surface area contributed by atoms with Crippen LogP contribution in [-0.4, -0.2) is 29.7 Å². The van der Waals surface area contributed by atoms with E-state index in [1.165, 1.54) is 0 Å². The number of aryl methyl sites for hydroxylation is 1. The molecule has 0 saturated heterocycles. The Bertz CT molecular complexity index is 291. The summed E-state index contributed by atoms with van der Waals surface area (Å²) in [6.45, 7) is 4.97. The Morgan fingerprint density at radius 2 is 2.27 bits per heavy atom. The Labute approximate surface area is 91.1 Å². The van der Waals surface area contributed by atoms with E-state index in [-0.39, 0.29) is 0 Å². The number of hydrogen-bond donors (Lipinski definition) is 1. The molecule has 0 spiro atoms. The van der Waals surface area contributed by atoms with Crippen LogP contribution in [0.3, 0.4) is 0 Å². The van der Waals surface area contributed by atoms with Gasteiger partial charge in [0.1, 0.15) is 12.1 Å². The van der Waals surface area contributed by atoms with Crippen LogP contribution in [0.1, 0.15) is 26.0 Å². The highest BCUT2D eigenvalue weighted by atomic mass is 16.5. The van der Waals surface area contributed by atoms with E-state index in [1.807, 2.05) is 6.07 Å². The van der Waals surface area contributed by atoms with Crippen molar-refractivity contribution in [3.05, 3.63) is 18.1 Å². The van der Waals surface area contributed by atoms with E-state index in [0.717, 1.165) is 31.0 Å². The third-order valence-corrected chi connectivity index (χ3v) is 2.24. The summed E-state index contributed by atoms with van der Waals surface area (Å²) in [7, 11) is 1.71. The molecule has 84 valence electrons. The molecule has 0 fully saturated rings. The summed E-state index contributed by atoms with van der Waals surface area (Å²) in [4.78, 5) is 8.32. The molecule has 15 heavy (non-hydrogen) atoms.